The zero-order valence-corrected chi connectivity index (χ0v) is 16.9. The molecule has 1 amide bonds. The number of aromatic nitrogens is 2. The molecule has 6 nitrogen and oxygen atoms in total. The number of rotatable bonds is 6. The van der Waals surface area contributed by atoms with Gasteiger partial charge >= 0.3 is 0 Å². The fourth-order valence-electron chi connectivity index (χ4n) is 3.37. The average molecular weight is 401 g/mol. The molecule has 2 aromatic heterocycles. The number of nitrogens with one attached hydrogen (secondary N) is 2. The van der Waals surface area contributed by atoms with Gasteiger partial charge < -0.3 is 19.6 Å². The van der Waals surface area contributed by atoms with E-state index in [1.165, 1.54) is 12.3 Å². The molecule has 4 aromatic rings. The number of aromatic amines is 1. The number of carbonyl (C=O) groups is 1. The molecule has 152 valence electrons. The summed E-state index contributed by atoms with van der Waals surface area (Å²) in [6, 6.07) is 18.9. The highest BCUT2D eigenvalue weighted by Gasteiger charge is 2.13. The molecule has 0 aliphatic rings. The molecule has 0 radical (unpaired) electrons. The Bertz CT molecular complexity index is 1240. The van der Waals surface area contributed by atoms with Gasteiger partial charge in [-0.3, -0.25) is 9.59 Å². The van der Waals surface area contributed by atoms with Crippen LogP contribution in [0.4, 0.5) is 5.69 Å². The van der Waals surface area contributed by atoms with Crippen molar-refractivity contribution >= 4 is 22.5 Å². The maximum atomic E-state index is 12.7. The number of nitrogens with zero attached hydrogens (tertiary/aromatic N) is 1. The summed E-state index contributed by atoms with van der Waals surface area (Å²) in [5.41, 5.74) is 2.52. The smallest absolute Gasteiger partial charge is 0.272 e. The zero-order valence-electron chi connectivity index (χ0n) is 16.9. The van der Waals surface area contributed by atoms with E-state index >= 15 is 0 Å². The molecule has 0 unspecified atom stereocenters. The third kappa shape index (κ3) is 3.98. The van der Waals surface area contributed by atoms with Gasteiger partial charge in [0.1, 0.15) is 12.3 Å². The molecular weight excluding hydrogens is 378 g/mol. The Morgan fingerprint density at radius 1 is 1.10 bits per heavy atom. The number of anilines is 1. The van der Waals surface area contributed by atoms with Crippen molar-refractivity contribution in [3.63, 3.8) is 0 Å². The van der Waals surface area contributed by atoms with Gasteiger partial charge in [-0.15, -0.1) is 0 Å². The molecule has 0 bridgehead atoms. The lowest BCUT2D eigenvalue weighted by atomic mass is 10.2. The summed E-state index contributed by atoms with van der Waals surface area (Å²) in [6.07, 6.45) is 3.43. The fourth-order valence-corrected chi connectivity index (χ4v) is 3.37. The molecule has 0 saturated heterocycles. The largest absolute Gasteiger partial charge is 0.483 e. The first kappa shape index (κ1) is 19.5. The number of carbonyl (C=O) groups excluding carboxylic acids is 1. The van der Waals surface area contributed by atoms with Gasteiger partial charge in [-0.25, -0.2) is 0 Å². The topological polar surface area (TPSA) is 76.1 Å². The number of pyridine rings is 1. The van der Waals surface area contributed by atoms with Crippen LogP contribution in [-0.2, 0) is 6.61 Å². The maximum absolute atomic E-state index is 12.7. The first-order valence-electron chi connectivity index (χ1n) is 9.83. The van der Waals surface area contributed by atoms with E-state index < -0.39 is 0 Å². The summed E-state index contributed by atoms with van der Waals surface area (Å²) in [6.45, 7) is 4.50. The summed E-state index contributed by atoms with van der Waals surface area (Å²) >= 11 is 0. The molecular formula is C24H23N3O3. The van der Waals surface area contributed by atoms with E-state index in [2.05, 4.69) is 28.7 Å². The molecule has 4 rings (SSSR count). The van der Waals surface area contributed by atoms with Crippen LogP contribution in [0.25, 0.3) is 10.9 Å². The Morgan fingerprint density at radius 2 is 1.90 bits per heavy atom. The molecule has 0 aliphatic heterocycles. The van der Waals surface area contributed by atoms with Gasteiger partial charge in [-0.2, -0.15) is 0 Å². The zero-order chi connectivity index (χ0) is 21.1. The summed E-state index contributed by atoms with van der Waals surface area (Å²) in [4.78, 5) is 28.0. The van der Waals surface area contributed by atoms with Gasteiger partial charge in [-0.1, -0.05) is 36.4 Å². The minimum atomic E-state index is -0.383. The van der Waals surface area contributed by atoms with E-state index in [-0.39, 0.29) is 29.4 Å². The van der Waals surface area contributed by atoms with Crippen LogP contribution in [0.3, 0.4) is 0 Å². The lowest BCUT2D eigenvalue weighted by Crippen LogP contribution is -2.18. The lowest BCUT2D eigenvalue weighted by Gasteiger charge is -2.11. The van der Waals surface area contributed by atoms with Crippen LogP contribution in [0, 0.1) is 0 Å². The van der Waals surface area contributed by atoms with E-state index in [1.54, 1.807) is 0 Å². The molecule has 2 N–H and O–H groups in total. The van der Waals surface area contributed by atoms with Crippen LogP contribution < -0.4 is 15.5 Å². The molecule has 0 spiro atoms. The van der Waals surface area contributed by atoms with Crippen LogP contribution in [-0.4, -0.2) is 15.5 Å². The van der Waals surface area contributed by atoms with E-state index in [4.69, 9.17) is 4.74 Å². The second kappa shape index (κ2) is 8.29. The predicted molar refractivity (Wildman–Crippen MR) is 118 cm³/mol. The normalized spacial score (nSPS) is 11.0. The van der Waals surface area contributed by atoms with Gasteiger partial charge in [0.15, 0.2) is 5.75 Å². The van der Waals surface area contributed by atoms with Gasteiger partial charge in [0.2, 0.25) is 5.43 Å². The second-order valence-corrected chi connectivity index (χ2v) is 7.36. The van der Waals surface area contributed by atoms with E-state index in [0.29, 0.717) is 11.7 Å². The number of amides is 1. The number of fused-ring (bicyclic) bond motifs is 1. The van der Waals surface area contributed by atoms with Gasteiger partial charge in [-0.05, 0) is 37.6 Å². The highest BCUT2D eigenvalue weighted by molar-refractivity contribution is 6.08. The van der Waals surface area contributed by atoms with Crippen molar-refractivity contribution in [1.29, 1.82) is 0 Å². The third-order valence-corrected chi connectivity index (χ3v) is 4.93. The average Bonchev–Trinajstić information content (AvgIpc) is 3.19. The highest BCUT2D eigenvalue weighted by Crippen LogP contribution is 2.27. The molecule has 6 heteroatoms. The molecule has 30 heavy (non-hydrogen) atoms. The summed E-state index contributed by atoms with van der Waals surface area (Å²) in [7, 11) is 0. The van der Waals surface area contributed by atoms with Crippen molar-refractivity contribution in [3.05, 3.63) is 94.5 Å². The van der Waals surface area contributed by atoms with E-state index in [1.807, 2.05) is 60.8 Å². The summed E-state index contributed by atoms with van der Waals surface area (Å²) in [5, 5.41) is 3.84. The summed E-state index contributed by atoms with van der Waals surface area (Å²) < 4.78 is 7.73. The summed E-state index contributed by atoms with van der Waals surface area (Å²) in [5.74, 6) is -0.210. The van der Waals surface area contributed by atoms with Gasteiger partial charge in [0, 0.05) is 29.9 Å². The van der Waals surface area contributed by atoms with Crippen molar-refractivity contribution < 1.29 is 9.53 Å². The van der Waals surface area contributed by atoms with E-state index in [9.17, 15) is 9.59 Å². The lowest BCUT2D eigenvalue weighted by molar-refractivity contribution is 0.102. The van der Waals surface area contributed by atoms with Crippen LogP contribution in [0.1, 0.15) is 35.9 Å². The monoisotopic (exact) mass is 401 g/mol. The molecule has 0 atom stereocenters. The quantitative estimate of drug-likeness (QED) is 0.490. The molecule has 0 aliphatic carbocycles. The van der Waals surface area contributed by atoms with Crippen molar-refractivity contribution in [3.8, 4) is 5.75 Å². The van der Waals surface area contributed by atoms with Gasteiger partial charge in [0.25, 0.3) is 5.91 Å². The van der Waals surface area contributed by atoms with Crippen molar-refractivity contribution in [2.45, 2.75) is 26.5 Å². The number of hydrogen-bond donors (Lipinski definition) is 2. The predicted octanol–water partition coefficient (Wildman–Crippen LogP) is 4.74. The molecule has 2 aromatic carbocycles. The van der Waals surface area contributed by atoms with Crippen LogP contribution in [0.5, 0.6) is 5.75 Å². The standard InChI is InChI=1S/C24H23N3O3/c1-16(2)27-12-11-18-19(9-6-10-21(18)27)26-24(29)20-13-22(28)23(14-25-20)30-15-17-7-4-3-5-8-17/h3-14,16H,15H2,1-2H3,(H,25,28)(H,26,29). The second-order valence-electron chi connectivity index (χ2n) is 7.36. The fraction of sp³-hybridized carbons (Fsp3) is 0.167. The highest BCUT2D eigenvalue weighted by atomic mass is 16.5. The molecule has 0 saturated carbocycles. The Morgan fingerprint density at radius 3 is 2.63 bits per heavy atom. The Kier molecular flexibility index (Phi) is 5.39. The number of hydrogen-bond acceptors (Lipinski definition) is 3. The first-order valence-corrected chi connectivity index (χ1v) is 9.83. The Hall–Kier alpha value is -3.80. The van der Waals surface area contributed by atoms with Crippen molar-refractivity contribution in [2.75, 3.05) is 5.32 Å². The van der Waals surface area contributed by atoms with Crippen LogP contribution in [0.15, 0.2) is 77.9 Å². The van der Waals surface area contributed by atoms with Crippen molar-refractivity contribution in [1.82, 2.24) is 9.55 Å². The van der Waals surface area contributed by atoms with Gasteiger partial charge in [0.05, 0.1) is 11.2 Å². The number of H-pyrrole nitrogens is 1. The van der Waals surface area contributed by atoms with E-state index in [0.717, 1.165) is 16.5 Å². The Labute approximate surface area is 174 Å². The minimum absolute atomic E-state index is 0.173. The maximum Gasteiger partial charge on any atom is 0.272 e. The van der Waals surface area contributed by atoms with Crippen LogP contribution >= 0.6 is 0 Å². The molecule has 0 fully saturated rings. The first-order chi connectivity index (χ1) is 14.5. The van der Waals surface area contributed by atoms with Crippen LogP contribution in [0.2, 0.25) is 0 Å². The molecule has 2 heterocycles. The third-order valence-electron chi connectivity index (χ3n) is 4.93. The Balaban J connectivity index is 1.51. The minimum Gasteiger partial charge on any atom is -0.483 e. The SMILES string of the molecule is CC(C)n1ccc2c(NC(=O)c3cc(=O)c(OCc4ccccc4)c[nH]3)cccc21. The van der Waals surface area contributed by atoms with Crippen molar-refractivity contribution in [2.24, 2.45) is 0 Å². The number of ether oxygens (including phenoxy) is 1. The number of benzene rings is 2.